The number of pyridine rings is 3. The minimum absolute atomic E-state index is 0. The molecular formula is C68H154B6N10O6. The van der Waals surface area contributed by atoms with Gasteiger partial charge in [-0.1, -0.05) is 147 Å². The van der Waals surface area contributed by atoms with E-state index in [0.29, 0.717) is 49.5 Å². The molecule has 530 valence electrons. The van der Waals surface area contributed by atoms with Gasteiger partial charge in [-0.05, 0) is 142 Å². The van der Waals surface area contributed by atoms with Gasteiger partial charge in [0, 0.05) is 161 Å². The highest BCUT2D eigenvalue weighted by molar-refractivity contribution is 5.76. The quantitative estimate of drug-likeness (QED) is 0.0837. The molecular weight excluding hydrogens is 1120 g/mol. The Bertz CT molecular complexity index is 1590. The lowest BCUT2D eigenvalue weighted by atomic mass is 9.97. The molecule has 7 N–H and O–H groups in total. The topological polar surface area (TPSA) is 186 Å². The standard InChI is InChI=1S/C9H20N2O.2C8H18N2O.C8H12N2O.C8H11NO.C8H11N.6C2H6.CH4O.6CH4.6B/c1-10-8-5-4-6-11(2)9(8)7-12-3;1-10-5-3-4-7(9)8(10)6-11-2;2*1-9-7-4-3-5-10-8(7)6-11-2;1-7-4-3-5-9-8(7)6-10-2;1-3-8-7(2)5-4-6-9-8;7*1-2;;;;;;;;;;;;/h8-10H,4-7H2,1-3H3;7-8H,3-6,9H2,1-2H3;7-10H,3-6H2,1-2H3;3-5,9H,6H2,1-2H3;3-5H,6H2,1-2H3;4-6H,3H2,1-2H3;6*1-2H3;2H,1H3;6*1H4;;;;;;. The molecule has 6 unspecified atom stereocenters. The van der Waals surface area contributed by atoms with Crippen molar-refractivity contribution in [3.05, 3.63) is 83.2 Å². The van der Waals surface area contributed by atoms with Crippen molar-refractivity contribution in [1.29, 1.82) is 0 Å². The van der Waals surface area contributed by atoms with Gasteiger partial charge in [-0.15, -0.1) is 0 Å². The fourth-order valence-electron chi connectivity index (χ4n) is 7.93. The summed E-state index contributed by atoms with van der Waals surface area (Å²) >= 11 is 0. The Hall–Kier alpha value is -2.84. The van der Waals surface area contributed by atoms with Crippen LogP contribution in [0, 0.1) is 13.8 Å². The molecule has 3 saturated heterocycles. The van der Waals surface area contributed by atoms with E-state index in [0.717, 1.165) is 69.9 Å². The highest BCUT2D eigenvalue weighted by Gasteiger charge is 2.28. The van der Waals surface area contributed by atoms with E-state index in [2.05, 4.69) is 80.0 Å². The van der Waals surface area contributed by atoms with Gasteiger partial charge in [0.05, 0.1) is 50.1 Å². The Balaban J connectivity index is -0.0000000371. The number of aromatic nitrogens is 3. The van der Waals surface area contributed by atoms with Crippen LogP contribution in [-0.4, -0.2) is 234 Å². The van der Waals surface area contributed by atoms with Crippen molar-refractivity contribution in [1.82, 2.24) is 40.7 Å². The van der Waals surface area contributed by atoms with E-state index >= 15 is 0 Å². The van der Waals surface area contributed by atoms with Gasteiger partial charge in [-0.2, -0.15) is 0 Å². The summed E-state index contributed by atoms with van der Waals surface area (Å²) in [7, 11) is 19.8. The maximum Gasteiger partial charge on any atom is 0.0905 e. The number of hydrogen-bond donors (Lipinski definition) is 6. The van der Waals surface area contributed by atoms with Gasteiger partial charge in [0.25, 0.3) is 0 Å². The molecule has 6 heterocycles. The van der Waals surface area contributed by atoms with Crippen molar-refractivity contribution in [3.8, 4) is 0 Å². The van der Waals surface area contributed by atoms with Crippen molar-refractivity contribution in [2.45, 2.75) is 243 Å². The Morgan fingerprint density at radius 2 is 0.867 bits per heavy atom. The van der Waals surface area contributed by atoms with E-state index in [-0.39, 0.29) is 95.0 Å². The van der Waals surface area contributed by atoms with E-state index in [4.69, 9.17) is 34.5 Å². The van der Waals surface area contributed by atoms with Gasteiger partial charge in [0.1, 0.15) is 0 Å². The van der Waals surface area contributed by atoms with Gasteiger partial charge in [0.15, 0.2) is 0 Å². The second kappa shape index (κ2) is 111. The number of likely N-dealkylation sites (tertiary alicyclic amines) is 2. The van der Waals surface area contributed by atoms with Crippen molar-refractivity contribution in [3.63, 3.8) is 0 Å². The normalized spacial score (nSPS) is 16.1. The summed E-state index contributed by atoms with van der Waals surface area (Å²) in [6, 6.07) is 14.8. The summed E-state index contributed by atoms with van der Waals surface area (Å²) in [4.78, 5) is 17.2. The number of aliphatic hydroxyl groups excluding tert-OH is 1. The number of aryl methyl sites for hydroxylation is 3. The van der Waals surface area contributed by atoms with Crippen LogP contribution in [0.4, 0.5) is 5.69 Å². The second-order valence-corrected chi connectivity index (χ2v) is 16.4. The predicted molar refractivity (Wildman–Crippen MR) is 415 cm³/mol. The summed E-state index contributed by atoms with van der Waals surface area (Å²) in [5.74, 6) is 0. The van der Waals surface area contributed by atoms with Gasteiger partial charge in [-0.25, -0.2) is 0 Å². The summed E-state index contributed by atoms with van der Waals surface area (Å²) < 4.78 is 25.3. The number of methoxy groups -OCH3 is 5. The zero-order valence-electron chi connectivity index (χ0n) is 59.0. The number of anilines is 1. The Kier molecular flexibility index (Phi) is 171. The molecule has 3 aliphatic rings. The first-order valence-corrected chi connectivity index (χ1v) is 29.6. The highest BCUT2D eigenvalue weighted by atomic mass is 16.5. The molecule has 3 fully saturated rings. The molecule has 6 atom stereocenters. The molecule has 0 aromatic carbocycles. The zero-order chi connectivity index (χ0) is 61.5. The third-order valence-electron chi connectivity index (χ3n) is 11.8. The van der Waals surface area contributed by atoms with Gasteiger partial charge in [0.2, 0.25) is 0 Å². The molecule has 6 rings (SSSR count). The van der Waals surface area contributed by atoms with Crippen LogP contribution in [-0.2, 0) is 43.3 Å². The lowest BCUT2D eigenvalue weighted by Crippen LogP contribution is -2.53. The van der Waals surface area contributed by atoms with Crippen LogP contribution in [0.5, 0.6) is 0 Å². The Labute approximate surface area is 577 Å². The Morgan fingerprint density at radius 1 is 0.511 bits per heavy atom. The van der Waals surface area contributed by atoms with E-state index in [9.17, 15) is 0 Å². The first-order valence-electron chi connectivity index (χ1n) is 29.6. The molecule has 0 spiro atoms. The predicted octanol–water partition coefficient (Wildman–Crippen LogP) is 12.4. The third-order valence-corrected chi connectivity index (χ3v) is 11.8. The van der Waals surface area contributed by atoms with E-state index in [1.807, 2.05) is 148 Å². The Morgan fingerprint density at radius 3 is 1.22 bits per heavy atom. The van der Waals surface area contributed by atoms with Crippen LogP contribution in [0.2, 0.25) is 0 Å². The van der Waals surface area contributed by atoms with Gasteiger partial charge >= 0.3 is 0 Å². The molecule has 3 aromatic rings. The van der Waals surface area contributed by atoms with Gasteiger partial charge < -0.3 is 55.8 Å². The minimum Gasteiger partial charge on any atom is -0.400 e. The SMILES string of the molecule is C.C.C.C.C.C.CC.CC.CC.CC.CC.CC.CCc1ncccc1C.CNC1CCCN(C)C1COC.CNC1CCCNC1COC.CNc1cccnc1COC.CO.COCC1C(N)CCCN1C.COCc1ncccc1C.[B].[B].[B].[B].[B].[B]. The highest BCUT2D eigenvalue weighted by Crippen LogP contribution is 2.16. The molecule has 3 aliphatic heterocycles. The van der Waals surface area contributed by atoms with E-state index < -0.39 is 0 Å². The van der Waals surface area contributed by atoms with Crippen LogP contribution >= 0.6 is 0 Å². The molecule has 0 aliphatic carbocycles. The number of hydrogen-bond acceptors (Lipinski definition) is 16. The molecule has 0 saturated carbocycles. The van der Waals surface area contributed by atoms with Crippen molar-refractivity contribution < 1.29 is 28.8 Å². The first kappa shape index (κ1) is 139. The fourth-order valence-corrected chi connectivity index (χ4v) is 7.93. The number of nitrogens with two attached hydrogens (primary N) is 1. The molecule has 18 radical (unpaired) electrons. The van der Waals surface area contributed by atoms with Crippen LogP contribution in [0.3, 0.4) is 0 Å². The molecule has 22 heteroatoms. The number of nitrogens with one attached hydrogen (secondary N) is 4. The monoisotopic (exact) mass is 1270 g/mol. The van der Waals surface area contributed by atoms with Crippen molar-refractivity contribution >= 4 is 56.2 Å². The third kappa shape index (κ3) is 71.0. The lowest BCUT2D eigenvalue weighted by molar-refractivity contribution is 0.0613. The maximum atomic E-state index is 7.00. The van der Waals surface area contributed by atoms with Gasteiger partial charge in [-0.3, -0.25) is 24.8 Å². The zero-order valence-corrected chi connectivity index (χ0v) is 59.0. The van der Waals surface area contributed by atoms with E-state index in [1.165, 1.54) is 55.5 Å². The van der Waals surface area contributed by atoms with E-state index in [1.54, 1.807) is 47.9 Å². The molecule has 0 bridgehead atoms. The summed E-state index contributed by atoms with van der Waals surface area (Å²) in [5, 5.41) is 20.1. The average molecular weight is 1270 g/mol. The lowest BCUT2D eigenvalue weighted by Gasteiger charge is -2.38. The number of nitrogens with zero attached hydrogens (tertiary/aromatic N) is 5. The number of likely N-dealkylation sites (N-methyl/N-ethyl adjacent to an activating group) is 4. The van der Waals surface area contributed by atoms with Crippen molar-refractivity contribution in [2.24, 2.45) is 5.73 Å². The average Bonchev–Trinajstić information content (AvgIpc) is 3.50. The number of rotatable bonds is 14. The minimum atomic E-state index is 0. The molecule has 16 nitrogen and oxygen atoms in total. The second-order valence-electron chi connectivity index (χ2n) is 16.4. The molecule has 0 amide bonds. The summed E-state index contributed by atoms with van der Waals surface area (Å²) in [5.41, 5.74) is 12.6. The van der Waals surface area contributed by atoms with Crippen molar-refractivity contribution in [2.75, 3.05) is 123 Å². The first-order chi connectivity index (χ1) is 38.0. The molecule has 3 aromatic heterocycles. The smallest absolute Gasteiger partial charge is 0.0905 e. The van der Waals surface area contributed by atoms with Crippen LogP contribution < -0.4 is 27.0 Å². The summed E-state index contributed by atoms with van der Waals surface area (Å²) in [6.07, 6.45) is 13.9. The van der Waals surface area contributed by atoms with Crippen LogP contribution in [0.25, 0.3) is 0 Å². The number of ether oxygens (including phenoxy) is 5. The maximum absolute atomic E-state index is 7.00. The van der Waals surface area contributed by atoms with Crippen LogP contribution in [0.1, 0.15) is 201 Å². The number of aliphatic hydroxyl groups is 1. The van der Waals surface area contributed by atoms with Crippen LogP contribution in [0.15, 0.2) is 55.0 Å². The fraction of sp³-hybridized carbons (Fsp3) is 0.779. The molecule has 90 heavy (non-hydrogen) atoms. The number of piperidine rings is 3. The largest absolute Gasteiger partial charge is 0.400 e. The summed E-state index contributed by atoms with van der Waals surface area (Å²) in [6.45, 7) is 37.3.